The van der Waals surface area contributed by atoms with E-state index in [1.54, 1.807) is 0 Å². The van der Waals surface area contributed by atoms with Crippen molar-refractivity contribution in [3.8, 4) is 0 Å². The molecular formula is H3HfInOZn. The van der Waals surface area contributed by atoms with Gasteiger partial charge in [0, 0.05) is 19.5 Å². The van der Waals surface area contributed by atoms with Gasteiger partial charge in [-0.1, -0.05) is 0 Å². The number of hydrogen-bond donors (Lipinski definition) is 0. The molecule has 0 bridgehead atoms. The first-order chi connectivity index (χ1) is 1.00. The van der Waals surface area contributed by atoms with E-state index in [0.717, 1.165) is 0 Å². The predicted octanol–water partition coefficient (Wildman–Crippen LogP) is -1.31. The van der Waals surface area contributed by atoms with Crippen LogP contribution < -0.4 is 0 Å². The van der Waals surface area contributed by atoms with Crippen LogP contribution in [0, 0.1) is 0 Å². The molecule has 0 atom stereocenters. The minimum absolute atomic E-state index is 0. The molecule has 18 valence electrons. The Kier molecular flexibility index (Phi) is 78.5. The van der Waals surface area contributed by atoms with Crippen LogP contribution in [0.4, 0.5) is 0 Å². The molecule has 4 heavy (non-hydrogen) atoms. The van der Waals surface area contributed by atoms with Gasteiger partial charge < -0.3 is 0 Å². The zero-order chi connectivity index (χ0) is 2.00. The largest absolute Gasteiger partial charge is 0 e. The second kappa shape index (κ2) is 19.1. The normalized spacial score (nSPS) is 0.750. The summed E-state index contributed by atoms with van der Waals surface area (Å²) in [5.41, 5.74) is 0. The third-order valence-corrected chi connectivity index (χ3v) is 0. The van der Waals surface area contributed by atoms with Crippen LogP contribution in [-0.4, -0.2) is 25.8 Å². The first-order valence-electron chi connectivity index (χ1n) is 0.204. The van der Waals surface area contributed by atoms with Gasteiger partial charge in [-0.3, -0.25) is 0 Å². The maximum absolute atomic E-state index is 8.39. The Bertz CT molecular complexity index is 8.00. The van der Waals surface area contributed by atoms with Gasteiger partial charge >= 0.3 is 53.1 Å². The number of hydrogen-bond acceptors (Lipinski definition) is 1. The van der Waals surface area contributed by atoms with E-state index in [9.17, 15) is 0 Å². The van der Waals surface area contributed by atoms with Crippen molar-refractivity contribution in [2.24, 2.45) is 0 Å². The molecule has 0 aromatic carbocycles. The van der Waals surface area contributed by atoms with Gasteiger partial charge in [-0.25, -0.2) is 0 Å². The van der Waals surface area contributed by atoms with Crippen molar-refractivity contribution >= 4 is 25.8 Å². The van der Waals surface area contributed by atoms with E-state index in [1.165, 1.54) is 0 Å². The quantitative estimate of drug-likeness (QED) is 0.479. The third-order valence-electron chi connectivity index (χ3n) is 0. The molecule has 0 aliphatic carbocycles. The second-order valence-electron chi connectivity index (χ2n) is 0. The van der Waals surface area contributed by atoms with Gasteiger partial charge in [-0.2, -0.15) is 0 Å². The fourth-order valence-corrected chi connectivity index (χ4v) is 0. The van der Waals surface area contributed by atoms with Crippen LogP contribution in [0.25, 0.3) is 0 Å². The summed E-state index contributed by atoms with van der Waals surface area (Å²) in [6, 6.07) is 0. The number of rotatable bonds is 0. The summed E-state index contributed by atoms with van der Waals surface area (Å²) < 4.78 is 8.39. The van der Waals surface area contributed by atoms with Crippen molar-refractivity contribution in [2.45, 2.75) is 0 Å². The Morgan fingerprint density at radius 2 is 1.25 bits per heavy atom. The Balaban J connectivity index is -0.00000000500. The molecule has 0 N–H and O–H groups in total. The summed E-state index contributed by atoms with van der Waals surface area (Å²) in [6.07, 6.45) is 0. The van der Waals surface area contributed by atoms with Crippen LogP contribution in [-0.2, 0) is 46.7 Å². The molecule has 0 aromatic rings. The SMILES string of the molecule is [InH3].[O]=[Hf].[Zn]. The second-order valence-corrected chi connectivity index (χ2v) is 0. The van der Waals surface area contributed by atoms with Crippen LogP contribution in [0.5, 0.6) is 0 Å². The van der Waals surface area contributed by atoms with E-state index >= 15 is 0 Å². The molecule has 4 heteroatoms. The van der Waals surface area contributed by atoms with Crippen molar-refractivity contribution in [1.82, 2.24) is 0 Å². The first kappa shape index (κ1) is 16.4. The smallest absolute Gasteiger partial charge is 0 e. The summed E-state index contributed by atoms with van der Waals surface area (Å²) in [5, 5.41) is 0. The molecule has 0 unspecified atom stereocenters. The standard InChI is InChI=1S/Hf.In.O.Zn.3H. The van der Waals surface area contributed by atoms with Crippen LogP contribution in [0.3, 0.4) is 0 Å². The van der Waals surface area contributed by atoms with Crippen molar-refractivity contribution in [2.75, 3.05) is 0 Å². The molecule has 0 fully saturated rings. The van der Waals surface area contributed by atoms with Crippen molar-refractivity contribution in [3.63, 3.8) is 0 Å². The van der Waals surface area contributed by atoms with Crippen molar-refractivity contribution in [1.29, 1.82) is 0 Å². The molecule has 0 saturated carbocycles. The molecular weight excluding hydrogens is 375 g/mol. The van der Waals surface area contributed by atoms with Gasteiger partial charge in [0.25, 0.3) is 0 Å². The summed E-state index contributed by atoms with van der Waals surface area (Å²) in [5.74, 6) is 0. The molecule has 0 heterocycles. The minimum atomic E-state index is 0. The summed E-state index contributed by atoms with van der Waals surface area (Å²) in [6.45, 7) is 0. The maximum atomic E-state index is 8.39. The monoisotopic (exact) mass is 378 g/mol. The van der Waals surface area contributed by atoms with Gasteiger partial charge in [0.15, 0.2) is 0 Å². The molecule has 0 aromatic heterocycles. The molecule has 0 spiro atoms. The van der Waals surface area contributed by atoms with Crippen LogP contribution in [0.15, 0.2) is 0 Å². The van der Waals surface area contributed by atoms with E-state index < -0.39 is 0 Å². The maximum Gasteiger partial charge on any atom is 0 e. The Labute approximate surface area is 71.5 Å². The van der Waals surface area contributed by atoms with Gasteiger partial charge in [-0.15, -0.1) is 0 Å². The van der Waals surface area contributed by atoms with Crippen LogP contribution in [0.2, 0.25) is 0 Å². The molecule has 0 aliphatic rings. The molecule has 1 nitrogen and oxygen atoms in total. The van der Waals surface area contributed by atoms with E-state index in [-0.39, 0.29) is 69.7 Å². The van der Waals surface area contributed by atoms with E-state index in [4.69, 9.17) is 2.85 Å². The zero-order valence-corrected chi connectivity index (χ0v) is 8.18. The van der Waals surface area contributed by atoms with Crippen LogP contribution in [0.1, 0.15) is 0 Å². The fourth-order valence-electron chi connectivity index (χ4n) is 0. The van der Waals surface area contributed by atoms with Crippen LogP contribution >= 0.6 is 0 Å². The van der Waals surface area contributed by atoms with E-state index in [2.05, 4.69) is 0 Å². The van der Waals surface area contributed by atoms with Crippen molar-refractivity contribution in [3.05, 3.63) is 0 Å². The van der Waals surface area contributed by atoms with Crippen molar-refractivity contribution < 1.29 is 46.7 Å². The summed E-state index contributed by atoms with van der Waals surface area (Å²) >= 11 is 0.0556. The zero-order valence-electron chi connectivity index (χ0n) is 1.62. The van der Waals surface area contributed by atoms with Gasteiger partial charge in [0.1, 0.15) is 0 Å². The molecule has 0 amide bonds. The Morgan fingerprint density at radius 3 is 1.25 bits per heavy atom. The van der Waals surface area contributed by atoms with Gasteiger partial charge in [-0.05, 0) is 0 Å². The Morgan fingerprint density at radius 1 is 1.25 bits per heavy atom. The third kappa shape index (κ3) is 8.90. The summed E-state index contributed by atoms with van der Waals surface area (Å²) in [4.78, 5) is 0. The molecule has 0 saturated heterocycles. The fraction of sp³-hybridized carbons (Fsp3) is 0. The molecule has 0 rings (SSSR count). The average molecular weight is 378 g/mol. The van der Waals surface area contributed by atoms with Gasteiger partial charge in [0.2, 0.25) is 0 Å². The average Bonchev–Trinajstić information content (AvgIpc) is 1.00. The van der Waals surface area contributed by atoms with E-state index in [1.807, 2.05) is 0 Å². The predicted molar refractivity (Wildman–Crippen MR) is 10.6 cm³/mol. The Hall–Kier alpha value is 2.16. The van der Waals surface area contributed by atoms with E-state index in [0.29, 0.717) is 0 Å². The molecule has 0 radical (unpaired) electrons. The molecule has 0 aliphatic heterocycles. The topological polar surface area (TPSA) is 17.1 Å². The first-order valence-corrected chi connectivity index (χ1v) is 1.67. The summed E-state index contributed by atoms with van der Waals surface area (Å²) in [7, 11) is 0. The minimum Gasteiger partial charge on any atom is 0 e. The van der Waals surface area contributed by atoms with Gasteiger partial charge in [0.05, 0.1) is 0 Å².